The van der Waals surface area contributed by atoms with E-state index in [4.69, 9.17) is 4.74 Å². The minimum absolute atomic E-state index is 0.00228. The van der Waals surface area contributed by atoms with Gasteiger partial charge in [-0.1, -0.05) is 12.1 Å². The summed E-state index contributed by atoms with van der Waals surface area (Å²) in [4.78, 5) is 15.9. The lowest BCUT2D eigenvalue weighted by Gasteiger charge is -2.25. The smallest absolute Gasteiger partial charge is 0.318 e. The highest BCUT2D eigenvalue weighted by molar-refractivity contribution is 5.75. The van der Waals surface area contributed by atoms with Gasteiger partial charge >= 0.3 is 6.03 Å². The average molecular weight is 339 g/mol. The van der Waals surface area contributed by atoms with Gasteiger partial charge < -0.3 is 15.0 Å². The fourth-order valence-corrected chi connectivity index (χ4v) is 3.59. The lowest BCUT2D eigenvalue weighted by molar-refractivity contribution is 0.0821. The number of nitrogens with one attached hydrogen (secondary N) is 1. The second kappa shape index (κ2) is 7.34. The van der Waals surface area contributed by atoms with Gasteiger partial charge in [0.1, 0.15) is 5.75 Å². The number of likely N-dealkylation sites (tertiary alicyclic amines) is 1. The molecule has 0 radical (unpaired) electrons. The van der Waals surface area contributed by atoms with E-state index in [0.717, 1.165) is 29.7 Å². The fourth-order valence-electron chi connectivity index (χ4n) is 3.59. The van der Waals surface area contributed by atoms with Crippen LogP contribution in [0.25, 0.3) is 0 Å². The van der Waals surface area contributed by atoms with E-state index in [2.05, 4.69) is 5.32 Å². The van der Waals surface area contributed by atoms with E-state index in [1.807, 2.05) is 18.2 Å². The van der Waals surface area contributed by atoms with E-state index in [1.165, 1.54) is 0 Å². The number of benzene rings is 1. The maximum atomic E-state index is 12.6. The Labute approximate surface area is 140 Å². The molecular weight excluding hydrogens is 316 g/mol. The summed E-state index contributed by atoms with van der Waals surface area (Å²) in [5, 5.41) is 2.90. The van der Waals surface area contributed by atoms with Crippen molar-refractivity contribution in [3.8, 4) is 5.75 Å². The average Bonchev–Trinajstić information content (AvgIpc) is 3.18. The number of carbonyl (C=O) groups is 1. The number of hydrogen-bond donors (Lipinski definition) is 1. The van der Waals surface area contributed by atoms with Gasteiger partial charge in [-0.25, -0.2) is 13.6 Å². The summed E-state index contributed by atoms with van der Waals surface area (Å²) in [6.07, 6.45) is -0.581. The van der Waals surface area contributed by atoms with E-state index >= 15 is 0 Å². The van der Waals surface area contributed by atoms with Crippen molar-refractivity contribution in [2.24, 2.45) is 0 Å². The summed E-state index contributed by atoms with van der Waals surface area (Å²) in [5.41, 5.74) is 2.13. The summed E-state index contributed by atoms with van der Waals surface area (Å²) in [7, 11) is 1.62. The number of carbonyl (C=O) groups excluding carboxylic acids is 1. The van der Waals surface area contributed by atoms with Gasteiger partial charge in [0.2, 0.25) is 0 Å². The van der Waals surface area contributed by atoms with E-state index in [0.29, 0.717) is 26.2 Å². The zero-order valence-electron chi connectivity index (χ0n) is 13.8. The van der Waals surface area contributed by atoms with Crippen LogP contribution >= 0.6 is 0 Å². The number of amides is 2. The predicted octanol–water partition coefficient (Wildman–Crippen LogP) is 2.45. The van der Waals surface area contributed by atoms with Gasteiger partial charge in [0.15, 0.2) is 0 Å². The maximum Gasteiger partial charge on any atom is 0.318 e. The molecule has 1 fully saturated rings. The third-order valence-electron chi connectivity index (χ3n) is 4.81. The van der Waals surface area contributed by atoms with Crippen molar-refractivity contribution >= 4 is 6.03 Å². The highest BCUT2D eigenvalue weighted by atomic mass is 19.3. The number of rotatable bonds is 5. The summed E-state index contributed by atoms with van der Waals surface area (Å²) >= 11 is 0. The molecule has 5 nitrogen and oxygen atoms in total. The Morgan fingerprint density at radius 1 is 1.42 bits per heavy atom. The van der Waals surface area contributed by atoms with E-state index < -0.39 is 6.43 Å². The standard InChI is InChI=1S/C17H23F2N3O2/c1-24-15-6-2-4-12-9-22(10-14(12)15)17(23)20-8-13-5-3-7-21(13)11-16(18)19/h2,4,6,13,16H,3,5,7-11H2,1H3,(H,20,23). The molecule has 2 heterocycles. The molecule has 2 aliphatic rings. The molecule has 0 saturated carbocycles. The molecule has 2 amide bonds. The predicted molar refractivity (Wildman–Crippen MR) is 86.2 cm³/mol. The summed E-state index contributed by atoms with van der Waals surface area (Å²) in [6.45, 7) is 1.93. The van der Waals surface area contributed by atoms with Crippen molar-refractivity contribution in [3.63, 3.8) is 0 Å². The van der Waals surface area contributed by atoms with E-state index in [1.54, 1.807) is 16.9 Å². The number of hydrogen-bond acceptors (Lipinski definition) is 3. The number of urea groups is 1. The van der Waals surface area contributed by atoms with Crippen LogP contribution in [0.15, 0.2) is 18.2 Å². The van der Waals surface area contributed by atoms with Gasteiger partial charge in [0, 0.05) is 24.7 Å². The molecule has 132 valence electrons. The molecule has 7 heteroatoms. The number of nitrogens with zero attached hydrogens (tertiary/aromatic N) is 2. The van der Waals surface area contributed by atoms with Gasteiger partial charge in [-0.15, -0.1) is 0 Å². The van der Waals surface area contributed by atoms with Crippen LogP contribution in [-0.2, 0) is 13.1 Å². The van der Waals surface area contributed by atoms with Crippen LogP contribution in [0.2, 0.25) is 0 Å². The highest BCUT2D eigenvalue weighted by Crippen LogP contribution is 2.30. The molecule has 1 unspecified atom stereocenters. The first-order valence-corrected chi connectivity index (χ1v) is 8.28. The monoisotopic (exact) mass is 339 g/mol. The van der Waals surface area contributed by atoms with Crippen LogP contribution in [0.1, 0.15) is 24.0 Å². The molecule has 2 aliphatic heterocycles. The molecule has 0 bridgehead atoms. The van der Waals surface area contributed by atoms with Crippen LogP contribution in [0.5, 0.6) is 5.75 Å². The van der Waals surface area contributed by atoms with Gasteiger partial charge in [-0.3, -0.25) is 4.90 Å². The Morgan fingerprint density at radius 3 is 3.00 bits per heavy atom. The first kappa shape index (κ1) is 17.0. The molecule has 0 spiro atoms. The summed E-state index contributed by atoms with van der Waals surface area (Å²) in [5.74, 6) is 0.793. The molecule has 3 rings (SSSR count). The van der Waals surface area contributed by atoms with Crippen LogP contribution in [0, 0.1) is 0 Å². The SMILES string of the molecule is COc1cccc2c1CN(C(=O)NCC1CCCN1CC(F)F)C2. The van der Waals surface area contributed by atoms with Gasteiger partial charge in [0.25, 0.3) is 6.43 Å². The summed E-state index contributed by atoms with van der Waals surface area (Å²) in [6, 6.07) is 5.65. The van der Waals surface area contributed by atoms with Crippen LogP contribution in [0.4, 0.5) is 13.6 Å². The largest absolute Gasteiger partial charge is 0.496 e. The molecule has 0 aliphatic carbocycles. The lowest BCUT2D eigenvalue weighted by atomic mass is 10.1. The van der Waals surface area contributed by atoms with E-state index in [9.17, 15) is 13.6 Å². The second-order valence-corrected chi connectivity index (χ2v) is 6.32. The van der Waals surface area contributed by atoms with Crippen molar-refractivity contribution < 1.29 is 18.3 Å². The molecule has 1 saturated heterocycles. The number of fused-ring (bicyclic) bond motifs is 1. The van der Waals surface area contributed by atoms with Gasteiger partial charge in [-0.05, 0) is 31.0 Å². The van der Waals surface area contributed by atoms with Crippen LogP contribution in [0.3, 0.4) is 0 Å². The first-order valence-electron chi connectivity index (χ1n) is 8.28. The number of ether oxygens (including phenoxy) is 1. The zero-order chi connectivity index (χ0) is 17.1. The molecule has 24 heavy (non-hydrogen) atoms. The molecule has 0 aromatic heterocycles. The highest BCUT2D eigenvalue weighted by Gasteiger charge is 2.29. The Bertz CT molecular complexity index is 597. The third kappa shape index (κ3) is 3.61. The van der Waals surface area contributed by atoms with Crippen molar-refractivity contribution in [2.75, 3.05) is 26.7 Å². The molecule has 1 aromatic carbocycles. The quantitative estimate of drug-likeness (QED) is 0.896. The normalized spacial score (nSPS) is 20.5. The zero-order valence-corrected chi connectivity index (χ0v) is 13.8. The Balaban J connectivity index is 1.53. The Kier molecular flexibility index (Phi) is 5.18. The van der Waals surface area contributed by atoms with Crippen molar-refractivity contribution in [1.82, 2.24) is 15.1 Å². The minimum Gasteiger partial charge on any atom is -0.496 e. The Morgan fingerprint density at radius 2 is 2.25 bits per heavy atom. The fraction of sp³-hybridized carbons (Fsp3) is 0.588. The molecule has 1 N–H and O–H groups in total. The molecule has 1 atom stereocenters. The van der Waals surface area contributed by atoms with Crippen LogP contribution < -0.4 is 10.1 Å². The second-order valence-electron chi connectivity index (χ2n) is 6.32. The Hall–Kier alpha value is -1.89. The maximum absolute atomic E-state index is 12.6. The van der Waals surface area contributed by atoms with Gasteiger partial charge in [-0.2, -0.15) is 0 Å². The molecule has 1 aromatic rings. The van der Waals surface area contributed by atoms with Crippen molar-refractivity contribution in [3.05, 3.63) is 29.3 Å². The first-order chi connectivity index (χ1) is 11.6. The van der Waals surface area contributed by atoms with Crippen molar-refractivity contribution in [1.29, 1.82) is 0 Å². The van der Waals surface area contributed by atoms with Crippen molar-refractivity contribution in [2.45, 2.75) is 38.4 Å². The molecular formula is C17H23F2N3O2. The minimum atomic E-state index is -2.33. The van der Waals surface area contributed by atoms with Crippen LogP contribution in [-0.4, -0.2) is 55.0 Å². The lowest BCUT2D eigenvalue weighted by Crippen LogP contribution is -2.45. The number of methoxy groups -OCH3 is 1. The number of halogens is 2. The number of alkyl halides is 2. The topological polar surface area (TPSA) is 44.8 Å². The van der Waals surface area contributed by atoms with Gasteiger partial charge in [0.05, 0.1) is 20.2 Å². The van der Waals surface area contributed by atoms with E-state index in [-0.39, 0.29) is 18.6 Å². The summed E-state index contributed by atoms with van der Waals surface area (Å²) < 4.78 is 30.5. The third-order valence-corrected chi connectivity index (χ3v) is 4.81.